The van der Waals surface area contributed by atoms with E-state index in [1.807, 2.05) is 74.6 Å². The zero-order valence-electron chi connectivity index (χ0n) is 22.3. The average Bonchev–Trinajstić information content (AvgIpc) is 3.46. The zero-order chi connectivity index (χ0) is 27.1. The second-order valence-electron chi connectivity index (χ2n) is 10.3. The number of aliphatic hydroxyl groups excluding tert-OH is 1. The molecule has 2 N–H and O–H groups in total. The molecule has 0 radical (unpaired) electrons. The van der Waals surface area contributed by atoms with E-state index in [9.17, 15) is 14.7 Å². The summed E-state index contributed by atoms with van der Waals surface area (Å²) in [6.07, 6.45) is 1.82. The van der Waals surface area contributed by atoms with Crippen LogP contribution in [-0.2, 0) is 9.59 Å². The molecule has 0 bridgehead atoms. The summed E-state index contributed by atoms with van der Waals surface area (Å²) in [5.74, 6) is -0.428. The van der Waals surface area contributed by atoms with Gasteiger partial charge in [0.2, 0.25) is 0 Å². The molecule has 194 valence electrons. The van der Waals surface area contributed by atoms with Crippen molar-refractivity contribution < 1.29 is 19.4 Å². The molecule has 1 amide bonds. The number of aromatic amines is 1. The van der Waals surface area contributed by atoms with Gasteiger partial charge in [-0.05, 0) is 59.4 Å². The van der Waals surface area contributed by atoms with Crippen LogP contribution in [0, 0.1) is 0 Å². The van der Waals surface area contributed by atoms with E-state index < -0.39 is 17.7 Å². The second kappa shape index (κ2) is 9.86. The standard InChI is InChI=1S/C32H32N2O4/c1-18(2)20-10-13-22(14-11-20)34-29(25-17-33-26-9-7-6-8-23(25)26)28(31(36)32(34)37)30(35)21-12-15-27(38-5)24(16-21)19(3)4/h6-19,29,33,35H,1-5H3/b30-28+. The lowest BCUT2D eigenvalue weighted by Crippen LogP contribution is -2.29. The summed E-state index contributed by atoms with van der Waals surface area (Å²) in [7, 11) is 1.61. The highest BCUT2D eigenvalue weighted by Gasteiger charge is 2.47. The number of nitrogens with zero attached hydrogens (tertiary/aromatic N) is 1. The van der Waals surface area contributed by atoms with E-state index in [2.05, 4.69) is 18.8 Å². The number of carbonyl (C=O) groups excluding carboxylic acids is 2. The van der Waals surface area contributed by atoms with Crippen LogP contribution in [0.3, 0.4) is 0 Å². The third kappa shape index (κ3) is 4.16. The molecule has 2 heterocycles. The predicted molar refractivity (Wildman–Crippen MR) is 151 cm³/mol. The van der Waals surface area contributed by atoms with E-state index in [1.165, 1.54) is 4.90 Å². The Morgan fingerprint density at radius 1 is 0.947 bits per heavy atom. The van der Waals surface area contributed by atoms with E-state index in [-0.39, 0.29) is 17.3 Å². The fourth-order valence-corrected chi connectivity index (χ4v) is 5.22. The molecule has 5 rings (SSSR count). The van der Waals surface area contributed by atoms with Gasteiger partial charge in [0.25, 0.3) is 11.7 Å². The molecule has 6 heteroatoms. The minimum absolute atomic E-state index is 0.0626. The summed E-state index contributed by atoms with van der Waals surface area (Å²) < 4.78 is 5.50. The lowest BCUT2D eigenvalue weighted by Gasteiger charge is -2.25. The fraction of sp³-hybridized carbons (Fsp3) is 0.250. The minimum Gasteiger partial charge on any atom is -0.507 e. The number of para-hydroxylation sites is 1. The Hall–Kier alpha value is -4.32. The van der Waals surface area contributed by atoms with Gasteiger partial charge in [-0.2, -0.15) is 0 Å². The number of anilines is 1. The van der Waals surface area contributed by atoms with Gasteiger partial charge in [0.05, 0.1) is 18.7 Å². The van der Waals surface area contributed by atoms with Gasteiger partial charge in [0, 0.05) is 33.9 Å². The first kappa shape index (κ1) is 25.3. The molecule has 6 nitrogen and oxygen atoms in total. The molecule has 1 unspecified atom stereocenters. The summed E-state index contributed by atoms with van der Waals surface area (Å²) in [5.41, 5.74) is 4.79. The predicted octanol–water partition coefficient (Wildman–Crippen LogP) is 7.05. The molecule has 4 aromatic rings. The van der Waals surface area contributed by atoms with E-state index in [0.29, 0.717) is 22.9 Å². The number of hydrogen-bond acceptors (Lipinski definition) is 4. The van der Waals surface area contributed by atoms with Crippen molar-refractivity contribution in [2.24, 2.45) is 0 Å². The van der Waals surface area contributed by atoms with Crippen LogP contribution in [0.4, 0.5) is 5.69 Å². The lowest BCUT2D eigenvalue weighted by atomic mass is 9.92. The summed E-state index contributed by atoms with van der Waals surface area (Å²) in [6.45, 7) is 8.28. The van der Waals surface area contributed by atoms with Gasteiger partial charge in [-0.25, -0.2) is 0 Å². The number of Topliss-reactive ketones (excluding diaryl/α,β-unsaturated/α-hetero) is 1. The van der Waals surface area contributed by atoms with Crippen LogP contribution in [0.25, 0.3) is 16.7 Å². The Morgan fingerprint density at radius 3 is 2.32 bits per heavy atom. The van der Waals surface area contributed by atoms with Crippen molar-refractivity contribution >= 4 is 34.0 Å². The molecule has 0 spiro atoms. The SMILES string of the molecule is COc1ccc(/C(O)=C2\C(=O)C(=O)N(c3ccc(C(C)C)cc3)C2c2c[nH]c3ccccc23)cc1C(C)C. The third-order valence-corrected chi connectivity index (χ3v) is 7.32. The largest absolute Gasteiger partial charge is 0.507 e. The number of rotatable bonds is 6. The molecule has 1 atom stereocenters. The topological polar surface area (TPSA) is 82.6 Å². The summed E-state index contributed by atoms with van der Waals surface area (Å²) in [4.78, 5) is 32.0. The summed E-state index contributed by atoms with van der Waals surface area (Å²) >= 11 is 0. The highest BCUT2D eigenvalue weighted by Crippen LogP contribution is 2.45. The summed E-state index contributed by atoms with van der Waals surface area (Å²) in [6, 6.07) is 20.0. The van der Waals surface area contributed by atoms with Crippen LogP contribution in [-0.4, -0.2) is 28.9 Å². The number of aliphatic hydroxyl groups is 1. The normalized spacial score (nSPS) is 17.2. The molecule has 0 saturated carbocycles. The molecule has 1 aliphatic heterocycles. The smallest absolute Gasteiger partial charge is 0.300 e. The number of hydrogen-bond donors (Lipinski definition) is 2. The molecule has 1 fully saturated rings. The monoisotopic (exact) mass is 508 g/mol. The molecule has 1 saturated heterocycles. The van der Waals surface area contributed by atoms with Gasteiger partial charge < -0.3 is 14.8 Å². The van der Waals surface area contributed by atoms with Crippen molar-refractivity contribution in [3.63, 3.8) is 0 Å². The number of fused-ring (bicyclic) bond motifs is 1. The number of benzene rings is 3. The molecule has 1 aromatic heterocycles. The number of nitrogens with one attached hydrogen (secondary N) is 1. The molecular formula is C32H32N2O4. The van der Waals surface area contributed by atoms with Crippen LogP contribution in [0.1, 0.15) is 67.8 Å². The van der Waals surface area contributed by atoms with Crippen molar-refractivity contribution in [2.45, 2.75) is 45.6 Å². The molecular weight excluding hydrogens is 476 g/mol. The van der Waals surface area contributed by atoms with Gasteiger partial charge in [-0.3, -0.25) is 14.5 Å². The van der Waals surface area contributed by atoms with Crippen molar-refractivity contribution in [1.29, 1.82) is 0 Å². The average molecular weight is 509 g/mol. The number of carbonyl (C=O) groups is 2. The Balaban J connectivity index is 1.74. The van der Waals surface area contributed by atoms with Crippen molar-refractivity contribution in [3.8, 4) is 5.75 Å². The van der Waals surface area contributed by atoms with Crippen molar-refractivity contribution in [3.05, 3.63) is 101 Å². The molecule has 38 heavy (non-hydrogen) atoms. The first-order valence-electron chi connectivity index (χ1n) is 12.9. The van der Waals surface area contributed by atoms with Crippen molar-refractivity contribution in [2.75, 3.05) is 12.0 Å². The van der Waals surface area contributed by atoms with E-state index >= 15 is 0 Å². The van der Waals surface area contributed by atoms with E-state index in [4.69, 9.17) is 4.74 Å². The number of methoxy groups -OCH3 is 1. The number of H-pyrrole nitrogens is 1. The number of ketones is 1. The van der Waals surface area contributed by atoms with Gasteiger partial charge >= 0.3 is 0 Å². The Bertz CT molecular complexity index is 1560. The zero-order valence-corrected chi connectivity index (χ0v) is 22.3. The molecule has 1 aliphatic rings. The highest BCUT2D eigenvalue weighted by atomic mass is 16.5. The fourth-order valence-electron chi connectivity index (χ4n) is 5.22. The summed E-state index contributed by atoms with van der Waals surface area (Å²) in [5, 5.41) is 12.5. The van der Waals surface area contributed by atoms with Crippen molar-refractivity contribution in [1.82, 2.24) is 4.98 Å². The van der Waals surface area contributed by atoms with Gasteiger partial charge in [0.15, 0.2) is 0 Å². The third-order valence-electron chi connectivity index (χ3n) is 7.32. The van der Waals surface area contributed by atoms with Crippen LogP contribution in [0.2, 0.25) is 0 Å². The van der Waals surface area contributed by atoms with E-state index in [0.717, 1.165) is 27.6 Å². The quantitative estimate of drug-likeness (QED) is 0.166. The number of aromatic nitrogens is 1. The van der Waals surface area contributed by atoms with Gasteiger partial charge in [-0.15, -0.1) is 0 Å². The first-order chi connectivity index (χ1) is 18.2. The minimum atomic E-state index is -0.805. The Labute approximate surface area is 222 Å². The number of ether oxygens (including phenoxy) is 1. The van der Waals surface area contributed by atoms with Gasteiger partial charge in [-0.1, -0.05) is 58.0 Å². The van der Waals surface area contributed by atoms with Gasteiger partial charge in [0.1, 0.15) is 11.5 Å². The molecule has 3 aromatic carbocycles. The number of amides is 1. The van der Waals surface area contributed by atoms with Crippen LogP contribution >= 0.6 is 0 Å². The van der Waals surface area contributed by atoms with Crippen LogP contribution in [0.15, 0.2) is 78.5 Å². The first-order valence-corrected chi connectivity index (χ1v) is 12.9. The lowest BCUT2D eigenvalue weighted by molar-refractivity contribution is -0.132. The van der Waals surface area contributed by atoms with Crippen LogP contribution < -0.4 is 9.64 Å². The maximum absolute atomic E-state index is 13.6. The molecule has 0 aliphatic carbocycles. The van der Waals surface area contributed by atoms with E-state index in [1.54, 1.807) is 19.2 Å². The Kier molecular flexibility index (Phi) is 6.57. The maximum atomic E-state index is 13.6. The maximum Gasteiger partial charge on any atom is 0.300 e. The van der Waals surface area contributed by atoms with Crippen LogP contribution in [0.5, 0.6) is 5.75 Å². The Morgan fingerprint density at radius 2 is 1.66 bits per heavy atom. The highest BCUT2D eigenvalue weighted by molar-refractivity contribution is 6.51. The second-order valence-corrected chi connectivity index (χ2v) is 10.3.